The number of hydrogen-bond donors (Lipinski definition) is 1. The normalized spacial score (nSPS) is 12.9. The minimum atomic E-state index is -0.971. The fourth-order valence-electron chi connectivity index (χ4n) is 3.00. The van der Waals surface area contributed by atoms with Crippen molar-refractivity contribution in [3.8, 4) is 0 Å². The third-order valence-corrected chi connectivity index (χ3v) is 4.34. The summed E-state index contributed by atoms with van der Waals surface area (Å²) >= 11 is 6.16. The molecule has 23 heavy (non-hydrogen) atoms. The van der Waals surface area contributed by atoms with Crippen LogP contribution in [0.1, 0.15) is 40.7 Å². The van der Waals surface area contributed by atoms with Gasteiger partial charge in [-0.1, -0.05) is 37.1 Å². The van der Waals surface area contributed by atoms with Crippen LogP contribution in [0.3, 0.4) is 0 Å². The van der Waals surface area contributed by atoms with Crippen LogP contribution in [-0.4, -0.2) is 21.4 Å². The molecule has 1 aliphatic rings. The number of hydrogen-bond acceptors (Lipinski definition) is 2. The van der Waals surface area contributed by atoms with Crippen LogP contribution in [0.2, 0.25) is 5.02 Å². The number of carbonyl (C=O) groups excluding carboxylic acids is 1. The van der Waals surface area contributed by atoms with Gasteiger partial charge in [0.05, 0.1) is 22.0 Å². The van der Waals surface area contributed by atoms with Gasteiger partial charge in [0.1, 0.15) is 0 Å². The molecule has 118 valence electrons. The summed E-state index contributed by atoms with van der Waals surface area (Å²) in [5, 5.41) is 9.70. The molecule has 1 aromatic heterocycles. The molecule has 5 heteroatoms. The molecule has 0 aliphatic carbocycles. The Bertz CT molecular complexity index is 833. The minimum Gasteiger partial charge on any atom is -0.478 e. The summed E-state index contributed by atoms with van der Waals surface area (Å²) in [6.07, 6.45) is 3.23. The molecule has 0 spiro atoms. The Morgan fingerprint density at radius 1 is 1.30 bits per heavy atom. The van der Waals surface area contributed by atoms with E-state index in [1.165, 1.54) is 0 Å². The highest BCUT2D eigenvalue weighted by molar-refractivity contribution is 6.35. The molecule has 0 saturated carbocycles. The Kier molecular flexibility index (Phi) is 4.09. The van der Waals surface area contributed by atoms with Crippen LogP contribution in [0.5, 0.6) is 0 Å². The minimum absolute atomic E-state index is 0.162. The molecular formula is C18H16ClNO3. The molecule has 0 unspecified atom stereocenters. The van der Waals surface area contributed by atoms with Crippen molar-refractivity contribution < 1.29 is 14.7 Å². The van der Waals surface area contributed by atoms with Gasteiger partial charge in [-0.25, -0.2) is 4.79 Å². The molecule has 0 radical (unpaired) electrons. The third kappa shape index (κ3) is 2.59. The SMILES string of the molecule is CCCc1cc2n(c1C(=O)c1ccccc1Cl)CC=C2C(=O)O. The number of fused-ring (bicyclic) bond motifs is 1. The topological polar surface area (TPSA) is 59.3 Å². The predicted octanol–water partition coefficient (Wildman–Crippen LogP) is 3.81. The maximum absolute atomic E-state index is 13.0. The zero-order valence-corrected chi connectivity index (χ0v) is 13.4. The second kappa shape index (κ2) is 6.05. The van der Waals surface area contributed by atoms with Crippen molar-refractivity contribution in [2.45, 2.75) is 26.3 Å². The average molecular weight is 330 g/mol. The van der Waals surface area contributed by atoms with Crippen molar-refractivity contribution in [1.82, 2.24) is 4.57 Å². The van der Waals surface area contributed by atoms with Gasteiger partial charge in [-0.2, -0.15) is 0 Å². The largest absolute Gasteiger partial charge is 0.478 e. The fraction of sp³-hybridized carbons (Fsp3) is 0.222. The van der Waals surface area contributed by atoms with E-state index in [-0.39, 0.29) is 11.4 Å². The van der Waals surface area contributed by atoms with Crippen molar-refractivity contribution in [2.75, 3.05) is 0 Å². The van der Waals surface area contributed by atoms with E-state index in [0.29, 0.717) is 28.5 Å². The lowest BCUT2D eigenvalue weighted by molar-refractivity contribution is -0.130. The number of ketones is 1. The van der Waals surface area contributed by atoms with Crippen LogP contribution >= 0.6 is 11.6 Å². The van der Waals surface area contributed by atoms with Gasteiger partial charge < -0.3 is 9.67 Å². The number of carbonyl (C=O) groups is 2. The lowest BCUT2D eigenvalue weighted by Gasteiger charge is -2.09. The fourth-order valence-corrected chi connectivity index (χ4v) is 3.22. The molecule has 1 aliphatic heterocycles. The number of carboxylic acid groups (broad SMARTS) is 1. The van der Waals surface area contributed by atoms with Gasteiger partial charge in [-0.15, -0.1) is 0 Å². The van der Waals surface area contributed by atoms with Gasteiger partial charge in [-0.05, 0) is 36.3 Å². The molecule has 1 N–H and O–H groups in total. The van der Waals surface area contributed by atoms with E-state index in [1.54, 1.807) is 34.9 Å². The molecule has 0 saturated heterocycles. The van der Waals surface area contributed by atoms with Crippen LogP contribution in [0, 0.1) is 0 Å². The van der Waals surface area contributed by atoms with Crippen molar-refractivity contribution in [2.24, 2.45) is 0 Å². The first-order valence-electron chi connectivity index (χ1n) is 7.50. The Hall–Kier alpha value is -2.33. The molecule has 2 aromatic rings. The summed E-state index contributed by atoms with van der Waals surface area (Å²) in [4.78, 5) is 24.3. The number of carboxylic acids is 1. The molecule has 0 amide bonds. The summed E-state index contributed by atoms with van der Waals surface area (Å²) in [6.45, 7) is 2.42. The number of aryl methyl sites for hydroxylation is 1. The van der Waals surface area contributed by atoms with Crippen LogP contribution in [-0.2, 0) is 17.8 Å². The first-order valence-corrected chi connectivity index (χ1v) is 7.87. The van der Waals surface area contributed by atoms with E-state index in [1.807, 2.05) is 13.0 Å². The molecule has 0 fully saturated rings. The van der Waals surface area contributed by atoms with E-state index in [0.717, 1.165) is 18.4 Å². The predicted molar refractivity (Wildman–Crippen MR) is 88.9 cm³/mol. The summed E-state index contributed by atoms with van der Waals surface area (Å²) < 4.78 is 1.78. The number of nitrogens with zero attached hydrogens (tertiary/aromatic N) is 1. The van der Waals surface area contributed by atoms with E-state index in [9.17, 15) is 14.7 Å². The highest BCUT2D eigenvalue weighted by atomic mass is 35.5. The van der Waals surface area contributed by atoms with Gasteiger partial charge in [0, 0.05) is 12.1 Å². The van der Waals surface area contributed by atoms with Crippen LogP contribution in [0.25, 0.3) is 5.57 Å². The second-order valence-electron chi connectivity index (χ2n) is 5.50. The van der Waals surface area contributed by atoms with Crippen molar-refractivity contribution in [3.05, 3.63) is 63.9 Å². The number of benzene rings is 1. The summed E-state index contributed by atoms with van der Waals surface area (Å²) in [5.74, 6) is -1.13. The maximum atomic E-state index is 13.0. The molecule has 0 bridgehead atoms. The zero-order chi connectivity index (χ0) is 16.6. The third-order valence-electron chi connectivity index (χ3n) is 4.01. The van der Waals surface area contributed by atoms with Crippen molar-refractivity contribution in [1.29, 1.82) is 0 Å². The smallest absolute Gasteiger partial charge is 0.337 e. The molecular weight excluding hydrogens is 314 g/mol. The number of halogens is 1. The summed E-state index contributed by atoms with van der Waals surface area (Å²) in [7, 11) is 0. The van der Waals surface area contributed by atoms with Gasteiger partial charge in [0.15, 0.2) is 0 Å². The Balaban J connectivity index is 2.13. The van der Waals surface area contributed by atoms with Gasteiger partial charge in [0.25, 0.3) is 0 Å². The highest BCUT2D eigenvalue weighted by Gasteiger charge is 2.29. The molecule has 1 aromatic carbocycles. The first-order chi connectivity index (χ1) is 11.0. The lowest BCUT2D eigenvalue weighted by Crippen LogP contribution is -2.12. The van der Waals surface area contributed by atoms with Crippen LogP contribution in [0.4, 0.5) is 0 Å². The Morgan fingerprint density at radius 2 is 2.04 bits per heavy atom. The van der Waals surface area contributed by atoms with E-state index >= 15 is 0 Å². The first kappa shape index (κ1) is 15.6. The standard InChI is InChI=1S/C18H16ClNO3/c1-2-5-11-10-15-13(18(22)23)8-9-20(15)16(11)17(21)12-6-3-4-7-14(12)19/h3-4,6-8,10H,2,5,9H2,1H3,(H,22,23). The van der Waals surface area contributed by atoms with Gasteiger partial charge in [-0.3, -0.25) is 4.79 Å². The zero-order valence-electron chi connectivity index (χ0n) is 12.7. The van der Waals surface area contributed by atoms with E-state index in [4.69, 9.17) is 11.6 Å². The summed E-state index contributed by atoms with van der Waals surface area (Å²) in [6, 6.07) is 8.75. The van der Waals surface area contributed by atoms with Crippen molar-refractivity contribution in [3.63, 3.8) is 0 Å². The quantitative estimate of drug-likeness (QED) is 0.849. The molecule has 3 rings (SSSR count). The van der Waals surface area contributed by atoms with Crippen LogP contribution < -0.4 is 0 Å². The van der Waals surface area contributed by atoms with E-state index in [2.05, 4.69) is 0 Å². The maximum Gasteiger partial charge on any atom is 0.337 e. The number of aromatic nitrogens is 1. The number of allylic oxidation sites excluding steroid dienone is 1. The second-order valence-corrected chi connectivity index (χ2v) is 5.90. The average Bonchev–Trinajstić information content (AvgIpc) is 3.05. The van der Waals surface area contributed by atoms with Crippen LogP contribution in [0.15, 0.2) is 36.4 Å². The Morgan fingerprint density at radius 3 is 2.70 bits per heavy atom. The van der Waals surface area contributed by atoms with E-state index < -0.39 is 5.97 Å². The number of rotatable bonds is 5. The molecule has 0 atom stereocenters. The monoisotopic (exact) mass is 329 g/mol. The molecule has 2 heterocycles. The summed E-state index contributed by atoms with van der Waals surface area (Å²) in [5.41, 5.74) is 2.70. The Labute approximate surface area is 139 Å². The van der Waals surface area contributed by atoms with Gasteiger partial charge >= 0.3 is 5.97 Å². The van der Waals surface area contributed by atoms with Crippen molar-refractivity contribution >= 4 is 28.9 Å². The molecule has 4 nitrogen and oxygen atoms in total. The highest BCUT2D eigenvalue weighted by Crippen LogP contribution is 2.31. The number of aliphatic carboxylic acids is 1. The van der Waals surface area contributed by atoms with Gasteiger partial charge in [0.2, 0.25) is 5.78 Å². The lowest BCUT2D eigenvalue weighted by atomic mass is 10.0.